The highest BCUT2D eigenvalue weighted by Gasteiger charge is 2.29. The van der Waals surface area contributed by atoms with Crippen molar-refractivity contribution < 1.29 is 4.74 Å². The zero-order chi connectivity index (χ0) is 9.97. The van der Waals surface area contributed by atoms with Crippen LogP contribution in [0.4, 0.5) is 0 Å². The molecule has 1 fully saturated rings. The normalized spacial score (nSPS) is 18.2. The molecule has 0 spiro atoms. The third-order valence-corrected chi connectivity index (χ3v) is 2.65. The van der Waals surface area contributed by atoms with Gasteiger partial charge in [0.05, 0.1) is 0 Å². The first-order chi connectivity index (χ1) is 6.75. The number of rotatable bonds is 3. The highest BCUT2D eigenvalue weighted by Crippen LogP contribution is 2.18. The van der Waals surface area contributed by atoms with E-state index >= 15 is 0 Å². The van der Waals surface area contributed by atoms with Gasteiger partial charge in [0.2, 0.25) is 0 Å². The van der Waals surface area contributed by atoms with Crippen LogP contribution < -0.4 is 4.74 Å². The highest BCUT2D eigenvalue weighted by molar-refractivity contribution is 5.21. The standard InChI is InChI=1S/C12H17NO/c1-10(2)13-8-12(9-13)14-11-6-4-3-5-7-11/h3-7,10,12H,8-9H2,1-2H3. The van der Waals surface area contributed by atoms with Crippen LogP contribution in [0, 0.1) is 0 Å². The minimum Gasteiger partial charge on any atom is -0.488 e. The van der Waals surface area contributed by atoms with Gasteiger partial charge in [0.25, 0.3) is 0 Å². The quantitative estimate of drug-likeness (QED) is 0.726. The molecule has 2 heteroatoms. The van der Waals surface area contributed by atoms with E-state index in [2.05, 4.69) is 18.7 Å². The van der Waals surface area contributed by atoms with Gasteiger partial charge in [0.1, 0.15) is 11.9 Å². The second-order valence-corrected chi connectivity index (χ2v) is 4.10. The molecule has 0 N–H and O–H groups in total. The summed E-state index contributed by atoms with van der Waals surface area (Å²) in [6.07, 6.45) is 0.389. The van der Waals surface area contributed by atoms with Crippen LogP contribution in [0.25, 0.3) is 0 Å². The third-order valence-electron chi connectivity index (χ3n) is 2.65. The molecule has 0 unspecified atom stereocenters. The summed E-state index contributed by atoms with van der Waals surface area (Å²) in [5.41, 5.74) is 0. The van der Waals surface area contributed by atoms with E-state index in [9.17, 15) is 0 Å². The van der Waals surface area contributed by atoms with Crippen molar-refractivity contribution in [2.45, 2.75) is 26.0 Å². The Morgan fingerprint density at radius 1 is 1.21 bits per heavy atom. The second kappa shape index (κ2) is 4.01. The molecule has 0 aliphatic carbocycles. The topological polar surface area (TPSA) is 12.5 Å². The number of hydrogen-bond donors (Lipinski definition) is 0. The lowest BCUT2D eigenvalue weighted by Gasteiger charge is -2.41. The van der Waals surface area contributed by atoms with Crippen molar-refractivity contribution in [2.24, 2.45) is 0 Å². The van der Waals surface area contributed by atoms with Crippen LogP contribution in [0.2, 0.25) is 0 Å². The van der Waals surface area contributed by atoms with E-state index in [1.165, 1.54) is 0 Å². The van der Waals surface area contributed by atoms with Crippen molar-refractivity contribution >= 4 is 0 Å². The van der Waals surface area contributed by atoms with Gasteiger partial charge >= 0.3 is 0 Å². The molecule has 0 radical (unpaired) electrons. The van der Waals surface area contributed by atoms with E-state index in [1.54, 1.807) is 0 Å². The van der Waals surface area contributed by atoms with Crippen LogP contribution >= 0.6 is 0 Å². The Balaban J connectivity index is 1.80. The Kier molecular flexibility index (Phi) is 2.73. The molecule has 0 aromatic heterocycles. The first-order valence-electron chi connectivity index (χ1n) is 5.21. The molecule has 0 saturated carbocycles. The van der Waals surface area contributed by atoms with Gasteiger partial charge in [-0.05, 0) is 26.0 Å². The molecule has 2 nitrogen and oxygen atoms in total. The van der Waals surface area contributed by atoms with Crippen LogP contribution in [-0.2, 0) is 0 Å². The largest absolute Gasteiger partial charge is 0.488 e. The lowest BCUT2D eigenvalue weighted by molar-refractivity contribution is 0.000155. The molecule has 0 atom stereocenters. The molecular formula is C12H17NO. The first-order valence-corrected chi connectivity index (χ1v) is 5.21. The lowest BCUT2D eigenvalue weighted by atomic mass is 10.1. The highest BCUT2D eigenvalue weighted by atomic mass is 16.5. The number of nitrogens with zero attached hydrogens (tertiary/aromatic N) is 1. The van der Waals surface area contributed by atoms with Crippen LogP contribution in [0.15, 0.2) is 30.3 Å². The zero-order valence-corrected chi connectivity index (χ0v) is 8.81. The van der Waals surface area contributed by atoms with Gasteiger partial charge in [-0.3, -0.25) is 4.90 Å². The Bertz CT molecular complexity index is 278. The smallest absolute Gasteiger partial charge is 0.124 e. The number of benzene rings is 1. The Hall–Kier alpha value is -1.02. The van der Waals surface area contributed by atoms with Crippen molar-refractivity contribution in [1.29, 1.82) is 0 Å². The third kappa shape index (κ3) is 2.07. The van der Waals surface area contributed by atoms with Crippen LogP contribution in [0.5, 0.6) is 5.75 Å². The van der Waals surface area contributed by atoms with Crippen molar-refractivity contribution in [3.05, 3.63) is 30.3 Å². The van der Waals surface area contributed by atoms with Crippen LogP contribution in [0.1, 0.15) is 13.8 Å². The summed E-state index contributed by atoms with van der Waals surface area (Å²) >= 11 is 0. The Morgan fingerprint density at radius 3 is 2.43 bits per heavy atom. The van der Waals surface area contributed by atoms with Crippen molar-refractivity contribution in [2.75, 3.05) is 13.1 Å². The molecule has 0 bridgehead atoms. The number of hydrogen-bond acceptors (Lipinski definition) is 2. The van der Waals surface area contributed by atoms with E-state index < -0.39 is 0 Å². The molecule has 76 valence electrons. The van der Waals surface area contributed by atoms with Crippen molar-refractivity contribution in [3.63, 3.8) is 0 Å². The molecule has 1 aromatic carbocycles. The molecule has 1 aliphatic rings. The minimum absolute atomic E-state index is 0.389. The summed E-state index contributed by atoms with van der Waals surface area (Å²) in [7, 11) is 0. The maximum Gasteiger partial charge on any atom is 0.124 e. The number of likely N-dealkylation sites (tertiary alicyclic amines) is 1. The van der Waals surface area contributed by atoms with E-state index in [1.807, 2.05) is 30.3 Å². The van der Waals surface area contributed by atoms with Gasteiger partial charge < -0.3 is 4.74 Å². The average Bonchev–Trinajstić information content (AvgIpc) is 2.12. The predicted octanol–water partition coefficient (Wildman–Crippen LogP) is 2.16. The average molecular weight is 191 g/mol. The number of para-hydroxylation sites is 1. The van der Waals surface area contributed by atoms with Crippen molar-refractivity contribution in [3.8, 4) is 5.75 Å². The molecule has 1 saturated heterocycles. The van der Waals surface area contributed by atoms with Crippen LogP contribution in [-0.4, -0.2) is 30.1 Å². The molecular weight excluding hydrogens is 174 g/mol. The fraction of sp³-hybridized carbons (Fsp3) is 0.500. The van der Waals surface area contributed by atoms with Crippen molar-refractivity contribution in [1.82, 2.24) is 4.90 Å². The fourth-order valence-corrected chi connectivity index (χ4v) is 1.66. The van der Waals surface area contributed by atoms with Gasteiger partial charge in [-0.25, -0.2) is 0 Å². The summed E-state index contributed by atoms with van der Waals surface area (Å²) in [4.78, 5) is 2.41. The molecule has 1 aromatic rings. The van der Waals surface area contributed by atoms with E-state index in [4.69, 9.17) is 4.74 Å². The van der Waals surface area contributed by atoms with Gasteiger partial charge in [-0.1, -0.05) is 18.2 Å². The monoisotopic (exact) mass is 191 g/mol. The summed E-state index contributed by atoms with van der Waals surface area (Å²) in [6, 6.07) is 10.7. The fourth-order valence-electron chi connectivity index (χ4n) is 1.66. The molecule has 14 heavy (non-hydrogen) atoms. The summed E-state index contributed by atoms with van der Waals surface area (Å²) in [6.45, 7) is 6.57. The predicted molar refractivity (Wildman–Crippen MR) is 57.6 cm³/mol. The maximum atomic E-state index is 5.79. The molecule has 1 aliphatic heterocycles. The van der Waals surface area contributed by atoms with Gasteiger partial charge in [0, 0.05) is 19.1 Å². The van der Waals surface area contributed by atoms with Gasteiger partial charge in [0.15, 0.2) is 0 Å². The lowest BCUT2D eigenvalue weighted by Crippen LogP contribution is -2.56. The Labute approximate surface area is 85.5 Å². The second-order valence-electron chi connectivity index (χ2n) is 4.10. The minimum atomic E-state index is 0.389. The molecule has 2 rings (SSSR count). The maximum absolute atomic E-state index is 5.79. The molecule has 1 heterocycles. The van der Waals surface area contributed by atoms with E-state index in [0.29, 0.717) is 12.1 Å². The summed E-state index contributed by atoms with van der Waals surface area (Å²) in [5.74, 6) is 0.987. The summed E-state index contributed by atoms with van der Waals surface area (Å²) < 4.78 is 5.79. The molecule has 0 amide bonds. The number of ether oxygens (including phenoxy) is 1. The Morgan fingerprint density at radius 2 is 1.86 bits per heavy atom. The van der Waals surface area contributed by atoms with Gasteiger partial charge in [-0.15, -0.1) is 0 Å². The zero-order valence-electron chi connectivity index (χ0n) is 8.81. The van der Waals surface area contributed by atoms with Gasteiger partial charge in [-0.2, -0.15) is 0 Å². The summed E-state index contributed by atoms with van der Waals surface area (Å²) in [5, 5.41) is 0. The SMILES string of the molecule is CC(C)N1CC(Oc2ccccc2)C1. The van der Waals surface area contributed by atoms with Crippen LogP contribution in [0.3, 0.4) is 0 Å². The van der Waals surface area contributed by atoms with E-state index in [-0.39, 0.29) is 0 Å². The first kappa shape index (κ1) is 9.53. The van der Waals surface area contributed by atoms with E-state index in [0.717, 1.165) is 18.8 Å².